The molecular formula is C42H26N6S2. The molecule has 0 radical (unpaired) electrons. The van der Waals surface area contributed by atoms with Crippen molar-refractivity contribution in [1.29, 1.82) is 0 Å². The van der Waals surface area contributed by atoms with Crippen LogP contribution in [0.5, 0.6) is 0 Å². The topological polar surface area (TPSA) is 81.0 Å². The van der Waals surface area contributed by atoms with Crippen LogP contribution in [0.25, 0.3) is 43.6 Å². The summed E-state index contributed by atoms with van der Waals surface area (Å²) in [5, 5.41) is 7.97. The summed E-state index contributed by atoms with van der Waals surface area (Å²) in [6, 6.07) is 49.9. The SMILES string of the molecule is c1ccc(C2=N/C(=C3/N=C(c4ccccc4)C(=Nc4ccc5[nH]c6ccccc6c5c4)S3)SC2=Nc2ccc3[nH]c4ccccc4c3c2)cc1. The van der Waals surface area contributed by atoms with E-state index in [1.54, 1.807) is 23.5 Å². The Morgan fingerprint density at radius 1 is 0.400 bits per heavy atom. The molecule has 0 fully saturated rings. The predicted molar refractivity (Wildman–Crippen MR) is 214 cm³/mol. The van der Waals surface area contributed by atoms with Crippen LogP contribution in [0.3, 0.4) is 0 Å². The average molecular weight is 679 g/mol. The third kappa shape index (κ3) is 5.08. The van der Waals surface area contributed by atoms with E-state index in [1.165, 1.54) is 10.8 Å². The minimum atomic E-state index is 0.812. The summed E-state index contributed by atoms with van der Waals surface area (Å²) >= 11 is 3.12. The lowest BCUT2D eigenvalue weighted by Crippen LogP contribution is -2.07. The van der Waals surface area contributed by atoms with E-state index in [0.717, 1.165) is 86.9 Å². The van der Waals surface area contributed by atoms with Crippen LogP contribution in [-0.2, 0) is 0 Å². The van der Waals surface area contributed by atoms with Gasteiger partial charge in [0.2, 0.25) is 0 Å². The number of H-pyrrole nitrogens is 2. The third-order valence-corrected chi connectivity index (χ3v) is 11.0. The van der Waals surface area contributed by atoms with Gasteiger partial charge in [0.15, 0.2) is 0 Å². The number of thioether (sulfide) groups is 2. The summed E-state index contributed by atoms with van der Waals surface area (Å²) < 4.78 is 0. The van der Waals surface area contributed by atoms with Gasteiger partial charge in [0, 0.05) is 54.7 Å². The van der Waals surface area contributed by atoms with Gasteiger partial charge in [-0.05, 0) is 72.1 Å². The standard InChI is InChI=1S/C42H26N6S2/c1-3-11-25(12-4-1)37-39(43-27-19-21-35-31(23-27)29-15-7-9-17-33(29)45-35)49-41(47-37)42-48-38(26-13-5-2-6-14-26)40(50-42)44-28-20-22-36-32(24-28)30-16-8-10-18-34(30)46-36/h1-24,45-46H/b42-41+,43-39?,44-40?. The van der Waals surface area contributed by atoms with Crippen molar-refractivity contribution in [2.75, 3.05) is 0 Å². The van der Waals surface area contributed by atoms with Gasteiger partial charge < -0.3 is 9.97 Å². The van der Waals surface area contributed by atoms with Crippen LogP contribution >= 0.6 is 23.5 Å². The number of nitrogens with one attached hydrogen (secondary N) is 2. The summed E-state index contributed by atoms with van der Waals surface area (Å²) in [6.07, 6.45) is 0. The van der Waals surface area contributed by atoms with Crippen molar-refractivity contribution >= 4 is 100 Å². The van der Waals surface area contributed by atoms with Crippen molar-refractivity contribution < 1.29 is 0 Å². The van der Waals surface area contributed by atoms with E-state index in [1.807, 2.05) is 36.4 Å². The molecule has 0 amide bonds. The van der Waals surface area contributed by atoms with E-state index < -0.39 is 0 Å². The van der Waals surface area contributed by atoms with Crippen LogP contribution < -0.4 is 0 Å². The predicted octanol–water partition coefficient (Wildman–Crippen LogP) is 11.3. The van der Waals surface area contributed by atoms with E-state index >= 15 is 0 Å². The molecule has 50 heavy (non-hydrogen) atoms. The molecule has 0 spiro atoms. The first kappa shape index (κ1) is 29.0. The zero-order valence-corrected chi connectivity index (χ0v) is 28.1. The largest absolute Gasteiger partial charge is 0.355 e. The van der Waals surface area contributed by atoms with Crippen molar-refractivity contribution in [3.8, 4) is 0 Å². The van der Waals surface area contributed by atoms with Crippen LogP contribution in [0.1, 0.15) is 11.1 Å². The monoisotopic (exact) mass is 678 g/mol. The second-order valence-corrected chi connectivity index (χ2v) is 14.1. The number of aliphatic imine (C=N–C) groups is 4. The maximum atomic E-state index is 5.20. The smallest absolute Gasteiger partial charge is 0.136 e. The first-order valence-corrected chi connectivity index (χ1v) is 17.9. The van der Waals surface area contributed by atoms with Gasteiger partial charge in [0.1, 0.15) is 31.6 Å². The normalized spacial score (nSPS) is 17.9. The van der Waals surface area contributed by atoms with E-state index in [-0.39, 0.29) is 0 Å². The number of aromatic nitrogens is 2. The fourth-order valence-corrected chi connectivity index (χ4v) is 8.55. The number of aromatic amines is 2. The van der Waals surface area contributed by atoms with Crippen LogP contribution in [-0.4, -0.2) is 31.5 Å². The van der Waals surface area contributed by atoms with Crippen LogP contribution in [0.4, 0.5) is 11.4 Å². The summed E-state index contributed by atoms with van der Waals surface area (Å²) in [4.78, 5) is 27.8. The molecule has 0 unspecified atom stereocenters. The molecule has 8 aromatic rings. The quantitative estimate of drug-likeness (QED) is 0.194. The fraction of sp³-hybridized carbons (Fsp3) is 0. The second-order valence-electron chi connectivity index (χ2n) is 12.1. The molecule has 8 heteroatoms. The van der Waals surface area contributed by atoms with Gasteiger partial charge in [-0.3, -0.25) is 0 Å². The number of fused-ring (bicyclic) bond motifs is 6. The Kier molecular flexibility index (Phi) is 6.89. The molecule has 2 aromatic heterocycles. The van der Waals surface area contributed by atoms with Gasteiger partial charge in [-0.15, -0.1) is 0 Å². The number of rotatable bonds is 4. The molecule has 2 aliphatic rings. The zero-order chi connectivity index (χ0) is 33.0. The number of para-hydroxylation sites is 2. The number of hydrogen-bond donors (Lipinski definition) is 2. The number of hydrogen-bond acceptors (Lipinski definition) is 6. The lowest BCUT2D eigenvalue weighted by atomic mass is 10.1. The number of nitrogens with zero attached hydrogens (tertiary/aromatic N) is 4. The molecule has 6 nitrogen and oxygen atoms in total. The maximum Gasteiger partial charge on any atom is 0.136 e. The molecule has 0 saturated heterocycles. The molecule has 0 atom stereocenters. The highest BCUT2D eigenvalue weighted by Crippen LogP contribution is 2.43. The molecular weight excluding hydrogens is 653 g/mol. The highest BCUT2D eigenvalue weighted by atomic mass is 32.2. The lowest BCUT2D eigenvalue weighted by molar-refractivity contribution is 1.42. The first-order chi connectivity index (χ1) is 24.7. The third-order valence-electron chi connectivity index (χ3n) is 8.94. The molecule has 6 aromatic carbocycles. The summed E-state index contributed by atoms with van der Waals surface area (Å²) in [5.74, 6) is 0. The molecule has 0 saturated carbocycles. The molecule has 0 aliphatic carbocycles. The maximum absolute atomic E-state index is 5.20. The minimum absolute atomic E-state index is 0.812. The van der Waals surface area contributed by atoms with Gasteiger partial charge in [-0.2, -0.15) is 0 Å². The Labute approximate surface area is 295 Å². The Balaban J connectivity index is 1.08. The minimum Gasteiger partial charge on any atom is -0.355 e. The first-order valence-electron chi connectivity index (χ1n) is 16.3. The Morgan fingerprint density at radius 3 is 1.26 bits per heavy atom. The van der Waals surface area contributed by atoms with E-state index in [4.69, 9.17) is 20.0 Å². The van der Waals surface area contributed by atoms with Gasteiger partial charge in [0.25, 0.3) is 0 Å². The van der Waals surface area contributed by atoms with Crippen LogP contribution in [0.2, 0.25) is 0 Å². The molecule has 2 aliphatic heterocycles. The van der Waals surface area contributed by atoms with Crippen molar-refractivity contribution in [1.82, 2.24) is 9.97 Å². The molecule has 4 heterocycles. The van der Waals surface area contributed by atoms with Crippen molar-refractivity contribution in [3.05, 3.63) is 167 Å². The summed E-state index contributed by atoms with van der Waals surface area (Å²) in [7, 11) is 0. The summed E-state index contributed by atoms with van der Waals surface area (Å²) in [6.45, 7) is 0. The van der Waals surface area contributed by atoms with Crippen LogP contribution in [0.15, 0.2) is 176 Å². The van der Waals surface area contributed by atoms with E-state index in [2.05, 4.69) is 119 Å². The Bertz CT molecular complexity index is 2610. The molecule has 0 bridgehead atoms. The summed E-state index contributed by atoms with van der Waals surface area (Å²) in [5.41, 5.74) is 9.87. The zero-order valence-electron chi connectivity index (χ0n) is 26.5. The molecule has 10 rings (SSSR count). The van der Waals surface area contributed by atoms with Crippen molar-refractivity contribution in [2.24, 2.45) is 20.0 Å². The van der Waals surface area contributed by atoms with Crippen molar-refractivity contribution in [2.45, 2.75) is 0 Å². The van der Waals surface area contributed by atoms with Crippen molar-refractivity contribution in [3.63, 3.8) is 0 Å². The van der Waals surface area contributed by atoms with Gasteiger partial charge in [-0.1, -0.05) is 97.1 Å². The fourth-order valence-electron chi connectivity index (χ4n) is 6.57. The molecule has 2 N–H and O–H groups in total. The van der Waals surface area contributed by atoms with Crippen LogP contribution in [0, 0.1) is 0 Å². The molecule has 236 valence electrons. The van der Waals surface area contributed by atoms with Gasteiger partial charge in [-0.25, -0.2) is 20.0 Å². The van der Waals surface area contributed by atoms with E-state index in [0.29, 0.717) is 0 Å². The van der Waals surface area contributed by atoms with Gasteiger partial charge in [0.05, 0.1) is 11.4 Å². The highest BCUT2D eigenvalue weighted by molar-refractivity contribution is 8.22. The highest BCUT2D eigenvalue weighted by Gasteiger charge is 2.30. The Hall–Kier alpha value is -5.96. The second kappa shape index (κ2) is 11.9. The lowest BCUT2D eigenvalue weighted by Gasteiger charge is -2.03. The van der Waals surface area contributed by atoms with E-state index in [9.17, 15) is 0 Å². The average Bonchev–Trinajstić information content (AvgIpc) is 3.95. The van der Waals surface area contributed by atoms with Gasteiger partial charge >= 0.3 is 0 Å². The number of benzene rings is 6. The Morgan fingerprint density at radius 2 is 0.800 bits per heavy atom.